The van der Waals surface area contributed by atoms with Gasteiger partial charge in [-0.1, -0.05) is 13.3 Å². The zero-order valence-corrected chi connectivity index (χ0v) is 11.4. The van der Waals surface area contributed by atoms with Gasteiger partial charge in [0.15, 0.2) is 0 Å². The van der Waals surface area contributed by atoms with Gasteiger partial charge in [0, 0.05) is 19.2 Å². The van der Waals surface area contributed by atoms with E-state index in [0.29, 0.717) is 17.7 Å². The average molecular weight is 279 g/mol. The van der Waals surface area contributed by atoms with Gasteiger partial charge in [0.2, 0.25) is 0 Å². The minimum Gasteiger partial charge on any atom is -0.371 e. The monoisotopic (exact) mass is 279 g/mol. The van der Waals surface area contributed by atoms with Crippen LogP contribution in [0.1, 0.15) is 31.7 Å². The molecule has 2 rings (SSSR count). The molecule has 0 spiro atoms. The molecule has 1 aromatic rings. The molecule has 7 heteroatoms. The van der Waals surface area contributed by atoms with Crippen LogP contribution in [0, 0.1) is 20.2 Å². The fourth-order valence-corrected chi connectivity index (χ4v) is 2.58. The van der Waals surface area contributed by atoms with Crippen molar-refractivity contribution in [2.75, 3.05) is 18.0 Å². The van der Waals surface area contributed by atoms with Crippen LogP contribution in [0.3, 0.4) is 0 Å². The summed E-state index contributed by atoms with van der Waals surface area (Å²) in [5.41, 5.74) is 0.947. The molecule has 0 atom stereocenters. The fraction of sp³-hybridized carbons (Fsp3) is 0.538. The summed E-state index contributed by atoms with van der Waals surface area (Å²) in [7, 11) is 0. The molecule has 1 aromatic carbocycles. The quantitative estimate of drug-likeness (QED) is 0.610. The first kappa shape index (κ1) is 14.2. The van der Waals surface area contributed by atoms with Crippen LogP contribution in [-0.2, 0) is 6.42 Å². The van der Waals surface area contributed by atoms with Crippen LogP contribution in [-0.4, -0.2) is 22.9 Å². The molecular formula is C13H17N3O4. The van der Waals surface area contributed by atoms with Gasteiger partial charge < -0.3 is 4.90 Å². The number of rotatable bonds is 5. The second-order valence-corrected chi connectivity index (χ2v) is 4.92. The Hall–Kier alpha value is -2.18. The zero-order chi connectivity index (χ0) is 14.7. The van der Waals surface area contributed by atoms with Crippen molar-refractivity contribution < 1.29 is 9.85 Å². The number of nitro groups is 2. The highest BCUT2D eigenvalue weighted by Gasteiger charge is 2.28. The second kappa shape index (κ2) is 5.85. The summed E-state index contributed by atoms with van der Waals surface area (Å²) < 4.78 is 0. The van der Waals surface area contributed by atoms with Crippen molar-refractivity contribution in [1.82, 2.24) is 0 Å². The Morgan fingerprint density at radius 2 is 2.00 bits per heavy atom. The van der Waals surface area contributed by atoms with Crippen LogP contribution >= 0.6 is 0 Å². The van der Waals surface area contributed by atoms with Crippen molar-refractivity contribution >= 4 is 17.1 Å². The first-order valence-corrected chi connectivity index (χ1v) is 6.75. The van der Waals surface area contributed by atoms with E-state index in [1.807, 2.05) is 4.90 Å². The van der Waals surface area contributed by atoms with E-state index < -0.39 is 9.85 Å². The van der Waals surface area contributed by atoms with Crippen molar-refractivity contribution in [2.45, 2.75) is 32.6 Å². The number of hydrogen-bond acceptors (Lipinski definition) is 5. The summed E-state index contributed by atoms with van der Waals surface area (Å²) in [6, 6.07) is 2.54. The summed E-state index contributed by atoms with van der Waals surface area (Å²) in [6.45, 7) is 3.65. The maximum atomic E-state index is 11.1. The Balaban J connectivity index is 2.50. The number of nitro benzene ring substituents is 2. The molecule has 0 N–H and O–H groups in total. The molecule has 0 amide bonds. The lowest BCUT2D eigenvalue weighted by Crippen LogP contribution is -2.30. The number of anilines is 1. The van der Waals surface area contributed by atoms with Gasteiger partial charge in [-0.15, -0.1) is 0 Å². The van der Waals surface area contributed by atoms with Crippen LogP contribution in [0.2, 0.25) is 0 Å². The Morgan fingerprint density at radius 1 is 1.25 bits per heavy atom. The fourth-order valence-electron chi connectivity index (χ4n) is 2.58. The first-order chi connectivity index (χ1) is 9.54. The third-order valence-electron chi connectivity index (χ3n) is 3.57. The van der Waals surface area contributed by atoms with Crippen LogP contribution in [0.25, 0.3) is 0 Å². The molecule has 7 nitrogen and oxygen atoms in total. The van der Waals surface area contributed by atoms with Gasteiger partial charge in [0.05, 0.1) is 27.2 Å². The van der Waals surface area contributed by atoms with Gasteiger partial charge in [-0.05, 0) is 19.3 Å². The number of benzene rings is 1. The summed E-state index contributed by atoms with van der Waals surface area (Å²) in [5, 5.41) is 22.1. The van der Waals surface area contributed by atoms with E-state index in [4.69, 9.17) is 0 Å². The van der Waals surface area contributed by atoms with E-state index in [1.54, 1.807) is 0 Å². The minimum absolute atomic E-state index is 0.129. The van der Waals surface area contributed by atoms with Gasteiger partial charge in [-0.2, -0.15) is 0 Å². The van der Waals surface area contributed by atoms with Crippen LogP contribution in [0.15, 0.2) is 12.1 Å². The van der Waals surface area contributed by atoms with Gasteiger partial charge >= 0.3 is 0 Å². The van der Waals surface area contributed by atoms with Gasteiger partial charge in [-0.3, -0.25) is 20.2 Å². The molecule has 0 radical (unpaired) electrons. The molecule has 108 valence electrons. The highest BCUT2D eigenvalue weighted by Crippen LogP contribution is 2.38. The van der Waals surface area contributed by atoms with Crippen molar-refractivity contribution in [3.05, 3.63) is 37.9 Å². The molecule has 20 heavy (non-hydrogen) atoms. The summed E-state index contributed by atoms with van der Waals surface area (Å²) in [6.07, 6.45) is 3.43. The Kier molecular flexibility index (Phi) is 4.16. The molecule has 1 aliphatic heterocycles. The van der Waals surface area contributed by atoms with Crippen LogP contribution < -0.4 is 4.90 Å². The Morgan fingerprint density at radius 3 is 2.60 bits per heavy atom. The molecule has 0 bridgehead atoms. The van der Waals surface area contributed by atoms with E-state index in [1.165, 1.54) is 6.07 Å². The molecule has 0 unspecified atom stereocenters. The van der Waals surface area contributed by atoms with Crippen molar-refractivity contribution in [2.24, 2.45) is 0 Å². The maximum absolute atomic E-state index is 11.1. The molecular weight excluding hydrogens is 262 g/mol. The van der Waals surface area contributed by atoms with Crippen molar-refractivity contribution in [3.63, 3.8) is 0 Å². The second-order valence-electron chi connectivity index (χ2n) is 4.92. The standard InChI is InChI=1S/C13H17N3O4/c1-2-3-6-14-7-4-5-11-12(14)8-10(15(17)18)9-13(11)16(19)20/h8-9H,2-7H2,1H3. The lowest BCUT2D eigenvalue weighted by molar-refractivity contribution is -0.394. The topological polar surface area (TPSA) is 89.5 Å². The normalized spacial score (nSPS) is 13.9. The van der Waals surface area contributed by atoms with E-state index >= 15 is 0 Å². The summed E-state index contributed by atoms with van der Waals surface area (Å²) in [4.78, 5) is 23.0. The smallest absolute Gasteiger partial charge is 0.281 e. The minimum atomic E-state index is -0.570. The largest absolute Gasteiger partial charge is 0.371 e. The summed E-state index contributed by atoms with van der Waals surface area (Å²) in [5.74, 6) is 0. The number of unbranched alkanes of at least 4 members (excludes halogenated alkanes) is 1. The third kappa shape index (κ3) is 2.71. The highest BCUT2D eigenvalue weighted by molar-refractivity contribution is 5.68. The molecule has 1 aliphatic rings. The number of hydrogen-bond donors (Lipinski definition) is 0. The van der Waals surface area contributed by atoms with Crippen LogP contribution in [0.4, 0.5) is 17.1 Å². The van der Waals surface area contributed by atoms with Gasteiger partial charge in [0.25, 0.3) is 11.4 Å². The van der Waals surface area contributed by atoms with E-state index in [9.17, 15) is 20.2 Å². The van der Waals surface area contributed by atoms with E-state index in [0.717, 1.165) is 38.4 Å². The molecule has 0 saturated heterocycles. The Bertz CT molecular complexity index is 545. The number of fused-ring (bicyclic) bond motifs is 1. The van der Waals surface area contributed by atoms with Gasteiger partial charge in [-0.25, -0.2) is 0 Å². The molecule has 0 fully saturated rings. The number of nitrogens with zero attached hydrogens (tertiary/aromatic N) is 3. The lowest BCUT2D eigenvalue weighted by atomic mass is 9.98. The predicted octanol–water partition coefficient (Wildman–Crippen LogP) is 3.06. The summed E-state index contributed by atoms with van der Waals surface area (Å²) >= 11 is 0. The molecule has 0 aliphatic carbocycles. The Labute approximate surface area is 116 Å². The SMILES string of the molecule is CCCCN1CCCc2c1cc([N+](=O)[O-])cc2[N+](=O)[O-]. The first-order valence-electron chi connectivity index (χ1n) is 6.75. The predicted molar refractivity (Wildman–Crippen MR) is 75.2 cm³/mol. The molecule has 0 saturated carbocycles. The van der Waals surface area contributed by atoms with Gasteiger partial charge in [0.1, 0.15) is 0 Å². The van der Waals surface area contributed by atoms with Crippen molar-refractivity contribution in [1.29, 1.82) is 0 Å². The molecule has 1 heterocycles. The highest BCUT2D eigenvalue weighted by atomic mass is 16.6. The van der Waals surface area contributed by atoms with E-state index in [2.05, 4.69) is 6.92 Å². The van der Waals surface area contributed by atoms with Crippen LogP contribution in [0.5, 0.6) is 0 Å². The van der Waals surface area contributed by atoms with Crippen molar-refractivity contribution in [3.8, 4) is 0 Å². The van der Waals surface area contributed by atoms with E-state index in [-0.39, 0.29) is 11.4 Å². The zero-order valence-electron chi connectivity index (χ0n) is 11.4. The lowest BCUT2D eigenvalue weighted by Gasteiger charge is -2.30. The molecule has 0 aromatic heterocycles. The maximum Gasteiger partial charge on any atom is 0.281 e. The number of non-ortho nitro benzene ring substituents is 1. The average Bonchev–Trinajstić information content (AvgIpc) is 2.43. The third-order valence-corrected chi connectivity index (χ3v) is 3.57.